The molecule has 0 unspecified atom stereocenters. The van der Waals surface area contributed by atoms with Gasteiger partial charge in [0.15, 0.2) is 0 Å². The lowest BCUT2D eigenvalue weighted by Crippen LogP contribution is -2.34. The van der Waals surface area contributed by atoms with E-state index in [9.17, 15) is 4.79 Å². The van der Waals surface area contributed by atoms with Crippen molar-refractivity contribution in [3.63, 3.8) is 0 Å². The van der Waals surface area contributed by atoms with Crippen molar-refractivity contribution in [2.75, 3.05) is 13.6 Å². The van der Waals surface area contributed by atoms with Crippen LogP contribution in [0.4, 0.5) is 0 Å². The van der Waals surface area contributed by atoms with Crippen molar-refractivity contribution >= 4 is 11.5 Å². The zero-order valence-electron chi connectivity index (χ0n) is 19.3. The topological polar surface area (TPSA) is 59.2 Å². The molecule has 0 aliphatic heterocycles. The Morgan fingerprint density at radius 1 is 1.13 bits per heavy atom. The Morgan fingerprint density at radius 2 is 1.73 bits per heavy atom. The molecule has 0 radical (unpaired) electrons. The van der Waals surface area contributed by atoms with E-state index in [2.05, 4.69) is 58.3 Å². The van der Waals surface area contributed by atoms with E-state index in [1.807, 2.05) is 18.3 Å². The molecule has 4 nitrogen and oxygen atoms in total. The average Bonchev–Trinajstić information content (AvgIpc) is 2.70. The van der Waals surface area contributed by atoms with Gasteiger partial charge < -0.3 is 10.6 Å². The molecule has 2 N–H and O–H groups in total. The second-order valence-electron chi connectivity index (χ2n) is 9.96. The van der Waals surface area contributed by atoms with Crippen molar-refractivity contribution in [3.8, 4) is 0 Å². The summed E-state index contributed by atoms with van der Waals surface area (Å²) in [6, 6.07) is 8.71. The quantitative estimate of drug-likeness (QED) is 0.783. The lowest BCUT2D eigenvalue weighted by atomic mass is 9.62. The molecule has 1 aromatic heterocycles. The van der Waals surface area contributed by atoms with Gasteiger partial charge in [0.1, 0.15) is 0 Å². The first-order valence-corrected chi connectivity index (χ1v) is 10.7. The number of amides is 1. The predicted octanol–water partition coefficient (Wildman–Crippen LogP) is 4.72. The summed E-state index contributed by atoms with van der Waals surface area (Å²) in [5.41, 5.74) is 13.9. The number of hydrogen-bond donors (Lipinski definition) is 1. The Bertz CT molecular complexity index is 971. The molecule has 1 aliphatic carbocycles. The zero-order chi connectivity index (χ0) is 22.3. The van der Waals surface area contributed by atoms with E-state index in [0.29, 0.717) is 6.54 Å². The van der Waals surface area contributed by atoms with Crippen LogP contribution in [-0.2, 0) is 22.2 Å². The lowest BCUT2D eigenvalue weighted by molar-refractivity contribution is -0.128. The molecular weight excluding hydrogens is 370 g/mol. The number of hydrogen-bond acceptors (Lipinski definition) is 3. The molecule has 1 aromatic carbocycles. The third-order valence-corrected chi connectivity index (χ3v) is 6.68. The number of aryl methyl sites for hydroxylation is 1. The van der Waals surface area contributed by atoms with Gasteiger partial charge >= 0.3 is 0 Å². The average molecular weight is 406 g/mol. The van der Waals surface area contributed by atoms with Crippen LogP contribution in [0.3, 0.4) is 0 Å². The van der Waals surface area contributed by atoms with Gasteiger partial charge in [-0.25, -0.2) is 0 Å². The van der Waals surface area contributed by atoms with Crippen LogP contribution in [0.5, 0.6) is 0 Å². The van der Waals surface area contributed by atoms with Gasteiger partial charge in [-0.05, 0) is 70.5 Å². The molecule has 0 saturated heterocycles. The van der Waals surface area contributed by atoms with Gasteiger partial charge in [-0.3, -0.25) is 9.78 Å². The summed E-state index contributed by atoms with van der Waals surface area (Å²) in [6.45, 7) is 16.4. The molecule has 1 amide bonds. The summed E-state index contributed by atoms with van der Waals surface area (Å²) >= 11 is 0. The van der Waals surface area contributed by atoms with Gasteiger partial charge in [-0.2, -0.15) is 0 Å². The Kier molecular flexibility index (Phi) is 5.92. The molecule has 2 aromatic rings. The highest BCUT2D eigenvalue weighted by Gasteiger charge is 2.37. The van der Waals surface area contributed by atoms with Crippen LogP contribution in [0.1, 0.15) is 74.0 Å². The molecular formula is C26H35N3O. The maximum atomic E-state index is 11.7. The van der Waals surface area contributed by atoms with E-state index >= 15 is 0 Å². The van der Waals surface area contributed by atoms with Crippen LogP contribution in [0.15, 0.2) is 37.0 Å². The number of carbonyl (C=O) groups excluding carboxylic acids is 1. The summed E-state index contributed by atoms with van der Waals surface area (Å²) in [5.74, 6) is -0.0845. The fraction of sp³-hybridized carbons (Fsp3) is 0.462. The van der Waals surface area contributed by atoms with E-state index < -0.39 is 0 Å². The number of likely N-dealkylation sites (N-methyl/N-ethyl adjacent to an activating group) is 1. The number of nitrogens with two attached hydrogens (primary N) is 1. The number of pyridine rings is 1. The van der Waals surface area contributed by atoms with Crippen molar-refractivity contribution < 1.29 is 4.79 Å². The summed E-state index contributed by atoms with van der Waals surface area (Å²) in [7, 11) is 1.75. The Labute approximate surface area is 181 Å². The van der Waals surface area contributed by atoms with Gasteiger partial charge in [0.2, 0.25) is 5.91 Å². The van der Waals surface area contributed by atoms with Crippen molar-refractivity contribution in [2.45, 2.75) is 64.8 Å². The molecule has 0 atom stereocenters. The highest BCUT2D eigenvalue weighted by Crippen LogP contribution is 2.47. The monoisotopic (exact) mass is 405 g/mol. The normalized spacial score (nSPS) is 16.6. The highest BCUT2D eigenvalue weighted by atomic mass is 16.2. The summed E-state index contributed by atoms with van der Waals surface area (Å²) in [6.07, 6.45) is 4.21. The first-order chi connectivity index (χ1) is 14.0. The number of nitrogens with zero attached hydrogens (tertiary/aromatic N) is 2. The fourth-order valence-corrected chi connectivity index (χ4v) is 4.40. The minimum atomic E-state index is -0.0845. The molecule has 0 bridgehead atoms. The lowest BCUT2D eigenvalue weighted by Gasteiger charge is -2.42. The van der Waals surface area contributed by atoms with Crippen LogP contribution in [0.2, 0.25) is 0 Å². The maximum Gasteiger partial charge on any atom is 0.236 e. The molecule has 0 fully saturated rings. The number of rotatable bonds is 5. The summed E-state index contributed by atoms with van der Waals surface area (Å²) < 4.78 is 0. The minimum Gasteiger partial charge on any atom is -0.340 e. The van der Waals surface area contributed by atoms with Gasteiger partial charge in [-0.1, -0.05) is 46.4 Å². The Balaban J connectivity index is 1.91. The molecule has 0 saturated carbocycles. The SMILES string of the molecule is C=C(c1ccc(CN(C)C(=O)CN)cn1)c1cc2c(cc1C)C(C)(C)CCC2(C)C. The van der Waals surface area contributed by atoms with Crippen LogP contribution >= 0.6 is 0 Å². The van der Waals surface area contributed by atoms with Gasteiger partial charge in [0, 0.05) is 25.4 Å². The van der Waals surface area contributed by atoms with Gasteiger partial charge in [0.25, 0.3) is 0 Å². The van der Waals surface area contributed by atoms with E-state index in [1.165, 1.54) is 29.5 Å². The molecule has 0 spiro atoms. The first kappa shape index (κ1) is 22.2. The van der Waals surface area contributed by atoms with Crippen molar-refractivity contribution in [1.29, 1.82) is 0 Å². The van der Waals surface area contributed by atoms with E-state index in [1.54, 1.807) is 11.9 Å². The Hall–Kier alpha value is -2.46. The van der Waals surface area contributed by atoms with E-state index in [0.717, 1.165) is 22.4 Å². The third-order valence-electron chi connectivity index (χ3n) is 6.68. The van der Waals surface area contributed by atoms with E-state index in [-0.39, 0.29) is 23.3 Å². The van der Waals surface area contributed by atoms with E-state index in [4.69, 9.17) is 5.73 Å². The van der Waals surface area contributed by atoms with Crippen LogP contribution in [0, 0.1) is 6.92 Å². The molecule has 4 heteroatoms. The summed E-state index contributed by atoms with van der Waals surface area (Å²) in [5, 5.41) is 0. The molecule has 1 aliphatic rings. The van der Waals surface area contributed by atoms with Crippen molar-refractivity contribution in [3.05, 3.63) is 70.6 Å². The number of benzene rings is 1. The van der Waals surface area contributed by atoms with Gasteiger partial charge in [-0.15, -0.1) is 0 Å². The second-order valence-corrected chi connectivity index (χ2v) is 9.96. The van der Waals surface area contributed by atoms with Crippen molar-refractivity contribution in [2.24, 2.45) is 5.73 Å². The largest absolute Gasteiger partial charge is 0.340 e. The second kappa shape index (κ2) is 7.99. The van der Waals surface area contributed by atoms with Crippen LogP contribution in [0.25, 0.3) is 5.57 Å². The number of fused-ring (bicyclic) bond motifs is 1. The van der Waals surface area contributed by atoms with Gasteiger partial charge in [0.05, 0.1) is 12.2 Å². The Morgan fingerprint density at radius 3 is 2.27 bits per heavy atom. The fourth-order valence-electron chi connectivity index (χ4n) is 4.40. The first-order valence-electron chi connectivity index (χ1n) is 10.7. The summed E-state index contributed by atoms with van der Waals surface area (Å²) in [4.78, 5) is 18.0. The van der Waals surface area contributed by atoms with Crippen molar-refractivity contribution in [1.82, 2.24) is 9.88 Å². The minimum absolute atomic E-state index is 0.0174. The molecule has 160 valence electrons. The van der Waals surface area contributed by atoms with Crippen LogP contribution in [-0.4, -0.2) is 29.4 Å². The smallest absolute Gasteiger partial charge is 0.236 e. The number of aromatic nitrogens is 1. The molecule has 1 heterocycles. The molecule has 3 rings (SSSR count). The zero-order valence-corrected chi connectivity index (χ0v) is 19.3. The maximum absolute atomic E-state index is 11.7. The highest BCUT2D eigenvalue weighted by molar-refractivity contribution is 5.79. The molecule has 30 heavy (non-hydrogen) atoms. The predicted molar refractivity (Wildman–Crippen MR) is 124 cm³/mol. The standard InChI is InChI=1S/C26H35N3O/c1-17-12-21-22(26(5,6)11-10-25(21,3)4)13-20(17)18(2)23-9-8-19(15-28-23)16-29(7)24(30)14-27/h8-9,12-13,15H,2,10-11,14,16,27H2,1,3-7H3. The third kappa shape index (κ3) is 4.20. The number of carbonyl (C=O) groups is 1. The van der Waals surface area contributed by atoms with Crippen LogP contribution < -0.4 is 5.73 Å².